The van der Waals surface area contributed by atoms with Gasteiger partial charge in [0.2, 0.25) is 0 Å². The minimum absolute atomic E-state index is 0. The third-order valence-electron chi connectivity index (χ3n) is 9.33. The van der Waals surface area contributed by atoms with Gasteiger partial charge in [-0.3, -0.25) is 0 Å². The van der Waals surface area contributed by atoms with Gasteiger partial charge in [-0.15, -0.1) is 25.5 Å². The van der Waals surface area contributed by atoms with Crippen molar-refractivity contribution in [1.82, 2.24) is 0 Å². The summed E-state index contributed by atoms with van der Waals surface area (Å²) in [5.41, 5.74) is 11.9. The molecule has 2 aliphatic rings. The molecule has 8 rings (SSSR count). The molecule has 52 heavy (non-hydrogen) atoms. The molecule has 0 spiro atoms. The van der Waals surface area contributed by atoms with Gasteiger partial charge in [-0.25, -0.2) is 0 Å². The first-order chi connectivity index (χ1) is 24.9. The smallest absolute Gasteiger partial charge is 0.460 e. The zero-order valence-electron chi connectivity index (χ0n) is 29.5. The van der Waals surface area contributed by atoms with Gasteiger partial charge in [-0.1, -0.05) is 112 Å². The number of aryl methyl sites for hydroxylation is 3. The van der Waals surface area contributed by atoms with Crippen LogP contribution in [-0.4, -0.2) is 18.4 Å². The molecule has 0 amide bonds. The summed E-state index contributed by atoms with van der Waals surface area (Å²) in [5.74, 6) is 1.75. The van der Waals surface area contributed by atoms with Crippen LogP contribution in [0.2, 0.25) is 0 Å². The van der Waals surface area contributed by atoms with E-state index in [0.29, 0.717) is 0 Å². The van der Waals surface area contributed by atoms with Gasteiger partial charge in [0.15, 0.2) is 6.71 Å². The van der Waals surface area contributed by atoms with Crippen molar-refractivity contribution in [2.45, 2.75) is 27.7 Å². The third kappa shape index (κ3) is 6.94. The van der Waals surface area contributed by atoms with Crippen molar-refractivity contribution in [2.24, 2.45) is 10.2 Å². The Hall–Kier alpha value is -5.39. The maximum absolute atomic E-state index is 5.14. The van der Waals surface area contributed by atoms with Crippen LogP contribution in [0, 0.1) is 46.2 Å². The van der Waals surface area contributed by atoms with Gasteiger partial charge in [-0.2, -0.15) is 57.5 Å². The van der Waals surface area contributed by atoms with Crippen LogP contribution < -0.4 is 36.2 Å². The van der Waals surface area contributed by atoms with E-state index in [1.807, 2.05) is 84.9 Å². The second-order valence-electron chi connectivity index (χ2n) is 13.0. The van der Waals surface area contributed by atoms with Gasteiger partial charge in [0.25, 0.3) is 0 Å². The molecule has 6 aromatic carbocycles. The van der Waals surface area contributed by atoms with Gasteiger partial charge in [0, 0.05) is 16.9 Å². The van der Waals surface area contributed by atoms with Gasteiger partial charge in [0.1, 0.15) is 5.84 Å². The molecule has 2 aliphatic heterocycles. The molecule has 0 aromatic heterocycles. The van der Waals surface area contributed by atoms with Crippen LogP contribution in [0.4, 0.5) is 22.7 Å². The van der Waals surface area contributed by atoms with E-state index in [-0.39, 0.29) is 27.8 Å². The fraction of sp³-hybridized carbons (Fsp3) is 0.0909. The molecular formula is C44H37BN6Pt. The molecule has 0 N–H and O–H groups in total. The Morgan fingerprint density at radius 1 is 0.538 bits per heavy atom. The van der Waals surface area contributed by atoms with Crippen molar-refractivity contribution in [2.75, 3.05) is 19.8 Å². The Labute approximate surface area is 322 Å². The van der Waals surface area contributed by atoms with Crippen molar-refractivity contribution >= 4 is 57.5 Å². The van der Waals surface area contributed by atoms with Crippen LogP contribution in [0.25, 0.3) is 0 Å². The molecule has 0 aliphatic carbocycles. The fourth-order valence-corrected chi connectivity index (χ4v) is 7.08. The predicted octanol–water partition coefficient (Wildman–Crippen LogP) is 7.31. The van der Waals surface area contributed by atoms with Crippen LogP contribution in [0.5, 0.6) is 0 Å². The molecule has 0 saturated carbocycles. The number of rotatable bonds is 8. The summed E-state index contributed by atoms with van der Waals surface area (Å²) in [5, 5.41) is 13.9. The molecule has 0 atom stereocenters. The number of amidine groups is 2. The molecule has 0 unspecified atom stereocenters. The van der Waals surface area contributed by atoms with Crippen LogP contribution in [-0.2, 0) is 21.1 Å². The number of benzene rings is 6. The molecule has 6 nitrogen and oxygen atoms in total. The first kappa shape index (κ1) is 35.0. The number of para-hydroxylation sites is 2. The van der Waals surface area contributed by atoms with Crippen molar-refractivity contribution in [3.8, 4) is 0 Å². The summed E-state index contributed by atoms with van der Waals surface area (Å²) in [7, 11) is 0. The molecule has 0 bridgehead atoms. The molecule has 0 saturated heterocycles. The van der Waals surface area contributed by atoms with Crippen molar-refractivity contribution in [1.29, 1.82) is 0 Å². The van der Waals surface area contributed by atoms with E-state index in [0.717, 1.165) is 50.9 Å². The van der Waals surface area contributed by atoms with E-state index in [1.165, 1.54) is 22.2 Å². The zero-order valence-corrected chi connectivity index (χ0v) is 31.8. The first-order valence-corrected chi connectivity index (χ1v) is 17.2. The monoisotopic (exact) mass is 855 g/mol. The number of hydrogen-bond acceptors (Lipinski definition) is 6. The van der Waals surface area contributed by atoms with Crippen LogP contribution in [0.15, 0.2) is 150 Å². The Morgan fingerprint density at radius 3 is 1.58 bits per heavy atom. The van der Waals surface area contributed by atoms with E-state index in [1.54, 1.807) is 0 Å². The summed E-state index contributed by atoms with van der Waals surface area (Å²) in [6, 6.07) is 55.7. The SMILES string of the molecule is CC1=NN(c2[c-]c(B(c3[c-]c(N4[CH-]N(c5ccccc5)C(c5ccccc5)=N4)ccc3)c3c(C)cc(C)cc3C)ccc2)[CH-]N1c1ccccc1.[Pt+4]. The van der Waals surface area contributed by atoms with Crippen LogP contribution in [0.1, 0.15) is 29.2 Å². The topological polar surface area (TPSA) is 37.7 Å². The Kier molecular flexibility index (Phi) is 10.2. The summed E-state index contributed by atoms with van der Waals surface area (Å²) in [6.45, 7) is 12.5. The van der Waals surface area contributed by atoms with E-state index in [2.05, 4.69) is 128 Å². The second kappa shape index (κ2) is 15.1. The zero-order chi connectivity index (χ0) is 34.9. The van der Waals surface area contributed by atoms with Crippen molar-refractivity contribution in [3.63, 3.8) is 0 Å². The second-order valence-corrected chi connectivity index (χ2v) is 13.0. The average Bonchev–Trinajstić information content (AvgIpc) is 3.79. The molecule has 2 heterocycles. The Balaban J connectivity index is 0.00000420. The molecule has 0 fully saturated rings. The largest absolute Gasteiger partial charge is 4.00 e. The van der Waals surface area contributed by atoms with E-state index >= 15 is 0 Å². The first-order valence-electron chi connectivity index (χ1n) is 17.2. The third-order valence-corrected chi connectivity index (χ3v) is 9.33. The van der Waals surface area contributed by atoms with Crippen LogP contribution >= 0.6 is 0 Å². The molecule has 256 valence electrons. The Morgan fingerprint density at radius 2 is 1.02 bits per heavy atom. The molecular weight excluding hydrogens is 818 g/mol. The number of hydrogen-bond donors (Lipinski definition) is 0. The summed E-state index contributed by atoms with van der Waals surface area (Å²) in [6.07, 6.45) is 0. The number of anilines is 4. The van der Waals surface area contributed by atoms with Gasteiger partial charge < -0.3 is 19.8 Å². The minimum Gasteiger partial charge on any atom is -0.460 e. The van der Waals surface area contributed by atoms with Gasteiger partial charge in [0.05, 0.1) is 5.84 Å². The maximum atomic E-state index is 5.14. The van der Waals surface area contributed by atoms with Gasteiger partial charge >= 0.3 is 21.1 Å². The molecule has 8 heteroatoms. The number of nitrogens with zero attached hydrogens (tertiary/aromatic N) is 6. The summed E-state index contributed by atoms with van der Waals surface area (Å²) >= 11 is 0. The normalized spacial score (nSPS) is 13.9. The quantitative estimate of drug-likeness (QED) is 0.119. The summed E-state index contributed by atoms with van der Waals surface area (Å²) < 4.78 is 0. The average molecular weight is 856 g/mol. The molecule has 0 radical (unpaired) electrons. The van der Waals surface area contributed by atoms with E-state index < -0.39 is 0 Å². The van der Waals surface area contributed by atoms with Crippen LogP contribution in [0.3, 0.4) is 0 Å². The van der Waals surface area contributed by atoms with Crippen molar-refractivity contribution < 1.29 is 21.1 Å². The summed E-state index contributed by atoms with van der Waals surface area (Å²) in [4.78, 5) is 4.23. The fourth-order valence-electron chi connectivity index (χ4n) is 7.08. The van der Waals surface area contributed by atoms with E-state index in [4.69, 9.17) is 10.2 Å². The Bertz CT molecular complexity index is 2220. The molecule has 6 aromatic rings. The number of hydrazone groups is 2. The van der Waals surface area contributed by atoms with E-state index in [9.17, 15) is 0 Å². The maximum Gasteiger partial charge on any atom is 4.00 e. The predicted molar refractivity (Wildman–Crippen MR) is 213 cm³/mol. The standard InChI is InChI=1S/C44H37BN6.Pt/c1-32-26-33(2)43(34(3)27-32)45(37-18-14-24-41(28-37)50-30-48(35(4)46-50)39-20-10-6-11-21-39)38-19-15-25-42(29-38)51-31-49(40-22-12-7-13-23-40)44(47-51)36-16-8-5-9-17-36;/h5-27,30-31H,1-4H3;/q-4;+4. The minimum atomic E-state index is -0.131. The van der Waals surface area contributed by atoms with Gasteiger partial charge in [-0.05, 0) is 52.0 Å². The van der Waals surface area contributed by atoms with Crippen molar-refractivity contribution in [3.05, 3.63) is 187 Å².